The first kappa shape index (κ1) is 43.5. The van der Waals surface area contributed by atoms with Gasteiger partial charge in [-0.15, -0.1) is 0 Å². The van der Waals surface area contributed by atoms with E-state index in [1.807, 2.05) is 26.8 Å². The summed E-state index contributed by atoms with van der Waals surface area (Å²) in [5, 5.41) is 83.0. The van der Waals surface area contributed by atoms with E-state index in [0.29, 0.717) is 25.7 Å². The molecule has 2 saturated heterocycles. The van der Waals surface area contributed by atoms with Gasteiger partial charge in [-0.25, -0.2) is 9.59 Å². The average Bonchev–Trinajstić information content (AvgIpc) is 3.13. The molecule has 0 radical (unpaired) electrons. The van der Waals surface area contributed by atoms with Crippen LogP contribution >= 0.6 is 0 Å². The van der Waals surface area contributed by atoms with E-state index in [0.717, 1.165) is 37.7 Å². The van der Waals surface area contributed by atoms with E-state index in [1.165, 1.54) is 0 Å². The second-order valence-corrected chi connectivity index (χ2v) is 20.6. The molecule has 4 saturated carbocycles. The third-order valence-corrected chi connectivity index (χ3v) is 17.2. The Labute approximate surface area is 337 Å². The maximum Gasteiger partial charge on any atom is 0.335 e. The van der Waals surface area contributed by atoms with Gasteiger partial charge in [0.15, 0.2) is 30.6 Å². The maximum atomic E-state index is 14.8. The van der Waals surface area contributed by atoms with Crippen LogP contribution in [0.4, 0.5) is 0 Å². The Morgan fingerprint density at radius 2 is 1.28 bits per heavy atom. The Morgan fingerprint density at radius 1 is 0.690 bits per heavy atom. The van der Waals surface area contributed by atoms with Gasteiger partial charge in [0.25, 0.3) is 0 Å². The zero-order valence-electron chi connectivity index (χ0n) is 34.4. The van der Waals surface area contributed by atoms with Crippen LogP contribution in [0.5, 0.6) is 0 Å². The summed E-state index contributed by atoms with van der Waals surface area (Å²) in [4.78, 5) is 51.3. The predicted octanol–water partition coefficient (Wildman–Crippen LogP) is 2.25. The number of ketones is 1. The van der Waals surface area contributed by atoms with E-state index in [2.05, 4.69) is 27.7 Å². The Balaban J connectivity index is 1.17. The number of aliphatic hydroxyl groups excluding tert-OH is 5. The van der Waals surface area contributed by atoms with Gasteiger partial charge in [-0.2, -0.15) is 0 Å². The second kappa shape index (κ2) is 14.3. The number of carbonyl (C=O) groups is 4. The number of allylic oxidation sites excluding steroid dienone is 2. The highest BCUT2D eigenvalue weighted by Crippen LogP contribution is 2.75. The number of aliphatic carboxylic acids is 3. The molecule has 8 N–H and O–H groups in total. The third-order valence-electron chi connectivity index (χ3n) is 17.2. The summed E-state index contributed by atoms with van der Waals surface area (Å²) in [6.45, 7) is 14.8. The van der Waals surface area contributed by atoms with Gasteiger partial charge in [0, 0.05) is 5.92 Å². The standard InChI is InChI=1S/C42H62O16/c1-37(2)21-8-11-42(7)31(20(43)16-18-19-17-39(4,36(53)54)13-12-38(19,3)14-15-41(18,42)6)40(21,5)10-9-22(37)55-35-30(26(47)25(46)29(57-35)33(51)52)58-34-27(48)23(44)24(45)28(56-34)32(49)50/h16,19,21-31,34-35,44-48H,8-15,17H2,1-7H3,(H,49,50)(H,51,52)(H,53,54)/t19-,21+,22+,23+,24-,25-,26+,27+,28-,29-,30+,31-,34-,35+,38+,39-,40-,41+,42+/m0/s1. The molecular weight excluding hydrogens is 760 g/mol. The molecule has 2 heterocycles. The largest absolute Gasteiger partial charge is 0.481 e. The van der Waals surface area contributed by atoms with E-state index in [1.54, 1.807) is 0 Å². The van der Waals surface area contributed by atoms with Crippen molar-refractivity contribution in [3.8, 4) is 0 Å². The lowest BCUT2D eigenvalue weighted by Crippen LogP contribution is -2.68. The number of hydrogen-bond acceptors (Lipinski definition) is 13. The zero-order valence-corrected chi connectivity index (χ0v) is 34.4. The van der Waals surface area contributed by atoms with Gasteiger partial charge < -0.3 is 59.8 Å². The molecule has 7 aliphatic rings. The highest BCUT2D eigenvalue weighted by Gasteiger charge is 2.71. The highest BCUT2D eigenvalue weighted by atomic mass is 16.8. The Morgan fingerprint density at radius 3 is 1.88 bits per heavy atom. The van der Waals surface area contributed by atoms with Crippen molar-refractivity contribution in [1.29, 1.82) is 0 Å². The summed E-state index contributed by atoms with van der Waals surface area (Å²) in [5.41, 5.74) is -1.81. The fraction of sp³-hybridized carbons (Fsp3) is 0.857. The van der Waals surface area contributed by atoms with Gasteiger partial charge in [0.1, 0.15) is 36.6 Å². The van der Waals surface area contributed by atoms with Crippen LogP contribution in [0.25, 0.3) is 0 Å². The number of rotatable bonds is 7. The van der Waals surface area contributed by atoms with Crippen molar-refractivity contribution >= 4 is 23.7 Å². The van der Waals surface area contributed by atoms with Crippen LogP contribution in [-0.4, -0.2) is 132 Å². The molecule has 326 valence electrons. The van der Waals surface area contributed by atoms with E-state index >= 15 is 0 Å². The summed E-state index contributed by atoms with van der Waals surface area (Å²) < 4.78 is 23.4. The van der Waals surface area contributed by atoms with Crippen molar-refractivity contribution in [3.63, 3.8) is 0 Å². The number of fused-ring (bicyclic) bond motifs is 7. The summed E-state index contributed by atoms with van der Waals surface area (Å²) >= 11 is 0. The molecule has 7 rings (SSSR count). The van der Waals surface area contributed by atoms with Crippen LogP contribution in [0.3, 0.4) is 0 Å². The Bertz CT molecular complexity index is 1730. The molecule has 58 heavy (non-hydrogen) atoms. The molecule has 16 nitrogen and oxygen atoms in total. The van der Waals surface area contributed by atoms with Crippen molar-refractivity contribution in [2.24, 2.45) is 50.2 Å². The fourth-order valence-corrected chi connectivity index (χ4v) is 13.4. The van der Waals surface area contributed by atoms with Crippen LogP contribution in [0, 0.1) is 50.2 Å². The van der Waals surface area contributed by atoms with Crippen LogP contribution in [0.15, 0.2) is 11.6 Å². The zero-order chi connectivity index (χ0) is 42.9. The first-order valence-corrected chi connectivity index (χ1v) is 20.7. The predicted molar refractivity (Wildman–Crippen MR) is 199 cm³/mol. The topological polar surface area (TPSA) is 267 Å². The molecule has 2 aliphatic heterocycles. The number of ether oxygens (including phenoxy) is 4. The second-order valence-electron chi connectivity index (χ2n) is 20.6. The van der Waals surface area contributed by atoms with Crippen LogP contribution in [0.2, 0.25) is 0 Å². The molecular formula is C42H62O16. The van der Waals surface area contributed by atoms with Crippen molar-refractivity contribution in [3.05, 3.63) is 11.6 Å². The average molecular weight is 823 g/mol. The smallest absolute Gasteiger partial charge is 0.335 e. The molecule has 0 unspecified atom stereocenters. The minimum absolute atomic E-state index is 0.0217. The lowest BCUT2D eigenvalue weighted by molar-refractivity contribution is -0.371. The van der Waals surface area contributed by atoms with Crippen LogP contribution < -0.4 is 0 Å². The van der Waals surface area contributed by atoms with E-state index in [9.17, 15) is 60.0 Å². The lowest BCUT2D eigenvalue weighted by Gasteiger charge is -2.70. The van der Waals surface area contributed by atoms with E-state index in [-0.39, 0.29) is 34.4 Å². The maximum absolute atomic E-state index is 14.8. The summed E-state index contributed by atoms with van der Waals surface area (Å²) in [6.07, 6.45) is -12.2. The first-order chi connectivity index (χ1) is 26.8. The van der Waals surface area contributed by atoms with Crippen molar-refractivity contribution in [2.75, 3.05) is 0 Å². The van der Waals surface area contributed by atoms with Crippen LogP contribution in [0.1, 0.15) is 106 Å². The molecule has 16 heteroatoms. The minimum atomic E-state index is -2.05. The summed E-state index contributed by atoms with van der Waals surface area (Å²) in [7, 11) is 0. The molecule has 0 bridgehead atoms. The summed E-state index contributed by atoms with van der Waals surface area (Å²) in [6, 6.07) is 0. The number of aliphatic hydroxyl groups is 5. The highest BCUT2D eigenvalue weighted by molar-refractivity contribution is 5.95. The Hall–Kier alpha value is -2.54. The van der Waals surface area contributed by atoms with Gasteiger partial charge >= 0.3 is 17.9 Å². The Kier molecular flexibility index (Phi) is 10.7. The summed E-state index contributed by atoms with van der Waals surface area (Å²) in [5.74, 6) is -4.47. The first-order valence-electron chi connectivity index (χ1n) is 20.7. The molecule has 0 aromatic carbocycles. The van der Waals surface area contributed by atoms with Crippen molar-refractivity contribution in [1.82, 2.24) is 0 Å². The normalized spacial score (nSPS) is 52.6. The molecule has 0 aromatic rings. The van der Waals surface area contributed by atoms with Crippen LogP contribution in [-0.2, 0) is 38.1 Å². The van der Waals surface area contributed by atoms with E-state index in [4.69, 9.17) is 18.9 Å². The lowest BCUT2D eigenvalue weighted by atomic mass is 9.33. The molecule has 6 fully saturated rings. The quantitative estimate of drug-likeness (QED) is 0.171. The third kappa shape index (κ3) is 6.25. The minimum Gasteiger partial charge on any atom is -0.481 e. The molecule has 5 aliphatic carbocycles. The fourth-order valence-electron chi connectivity index (χ4n) is 13.4. The van der Waals surface area contributed by atoms with Gasteiger partial charge in [-0.05, 0) is 110 Å². The monoisotopic (exact) mass is 822 g/mol. The van der Waals surface area contributed by atoms with Crippen molar-refractivity contribution in [2.45, 2.75) is 174 Å². The molecule has 0 amide bonds. The van der Waals surface area contributed by atoms with E-state index < -0.39 is 107 Å². The number of carboxylic acid groups (broad SMARTS) is 3. The SMILES string of the molecule is CC1(C)[C@H]2CC[C@]3(C)[C@@H](C(=O)C=C4[C@@H]5C[C@@](C)(C(=O)O)CC[C@]5(C)CC[C@]43C)[C@@]2(C)CC[C@H]1O[C@@H]1O[C@H](C(=O)O)[C@@H](O)[C@@H](O)[C@H]1O[C@@H]1O[C@H](C(=O)O)[C@@H](O)[C@@H](O)[C@H]1O. The number of hydrogen-bond donors (Lipinski definition) is 8. The van der Waals surface area contributed by atoms with Gasteiger partial charge in [0.2, 0.25) is 0 Å². The molecule has 0 spiro atoms. The van der Waals surface area contributed by atoms with Gasteiger partial charge in [-0.1, -0.05) is 47.1 Å². The van der Waals surface area contributed by atoms with Gasteiger partial charge in [-0.3, -0.25) is 9.59 Å². The number of carboxylic acids is 3. The van der Waals surface area contributed by atoms with Crippen molar-refractivity contribution < 1.29 is 79.0 Å². The molecule has 19 atom stereocenters. The van der Waals surface area contributed by atoms with Gasteiger partial charge in [0.05, 0.1) is 11.5 Å². The number of carbonyl (C=O) groups excluding carboxylic acids is 1. The molecule has 0 aromatic heterocycles.